The molecular weight excluding hydrogens is 180 g/mol. The van der Waals surface area contributed by atoms with E-state index in [4.69, 9.17) is 0 Å². The van der Waals surface area contributed by atoms with Gasteiger partial charge in [-0.15, -0.1) is 12.4 Å². The minimum Gasteiger partial charge on any atom is -0.147 e. The van der Waals surface area contributed by atoms with E-state index in [-0.39, 0.29) is 12.4 Å². The lowest BCUT2D eigenvalue weighted by Gasteiger charge is -2.06. The van der Waals surface area contributed by atoms with Gasteiger partial charge in [0.15, 0.2) is 0 Å². The van der Waals surface area contributed by atoms with E-state index in [9.17, 15) is 0 Å². The highest BCUT2D eigenvalue weighted by Crippen LogP contribution is 2.13. The van der Waals surface area contributed by atoms with Gasteiger partial charge in [0.05, 0.1) is 0 Å². The molecule has 0 amide bonds. The fourth-order valence-corrected chi connectivity index (χ4v) is 0.834. The summed E-state index contributed by atoms with van der Waals surface area (Å²) in [5.74, 6) is 0.763. The van der Waals surface area contributed by atoms with Crippen LogP contribution in [-0.4, -0.2) is 0 Å². The van der Waals surface area contributed by atoms with E-state index in [0.717, 1.165) is 5.92 Å². The van der Waals surface area contributed by atoms with Crippen molar-refractivity contribution in [3.8, 4) is 0 Å². The zero-order valence-corrected chi connectivity index (χ0v) is 10.7. The van der Waals surface area contributed by atoms with E-state index >= 15 is 0 Å². The Hall–Kier alpha value is -0.230. The Kier molecular flexibility index (Phi) is 20.4. The van der Waals surface area contributed by atoms with Crippen molar-refractivity contribution in [1.82, 2.24) is 0 Å². The summed E-state index contributed by atoms with van der Waals surface area (Å²) in [7, 11) is 0. The highest BCUT2D eigenvalue weighted by molar-refractivity contribution is 5.85. The Bertz CT molecular complexity index is 134. The molecule has 1 rings (SSSR count). The predicted molar refractivity (Wildman–Crippen MR) is 66.6 cm³/mol. The summed E-state index contributed by atoms with van der Waals surface area (Å²) < 4.78 is 0. The first kappa shape index (κ1) is 18.5. The fraction of sp³-hybridized carbons (Fsp3) is 0.667. The number of hydrogen-bond donors (Lipinski definition) is 0. The van der Waals surface area contributed by atoms with Crippen LogP contribution in [0.5, 0.6) is 0 Å². The van der Waals surface area contributed by atoms with Crippen LogP contribution in [0.1, 0.15) is 48.0 Å². The molecule has 0 fully saturated rings. The van der Waals surface area contributed by atoms with E-state index < -0.39 is 0 Å². The molecule has 1 aliphatic carbocycles. The zero-order valence-electron chi connectivity index (χ0n) is 9.92. The van der Waals surface area contributed by atoms with Crippen molar-refractivity contribution < 1.29 is 0 Å². The van der Waals surface area contributed by atoms with E-state index in [0.29, 0.717) is 0 Å². The number of rotatable bonds is 0. The first-order valence-corrected chi connectivity index (χ1v) is 5.14. The third-order valence-electron chi connectivity index (χ3n) is 1.50. The second kappa shape index (κ2) is 14.3. The van der Waals surface area contributed by atoms with Crippen LogP contribution in [0.3, 0.4) is 0 Å². The quantitative estimate of drug-likeness (QED) is 0.521. The van der Waals surface area contributed by atoms with Gasteiger partial charge in [0.2, 0.25) is 0 Å². The molecule has 0 aromatic rings. The van der Waals surface area contributed by atoms with Crippen molar-refractivity contribution >= 4 is 12.4 Å². The summed E-state index contributed by atoms with van der Waals surface area (Å²) in [4.78, 5) is 0. The van der Waals surface area contributed by atoms with Gasteiger partial charge < -0.3 is 0 Å². The normalized spacial score (nSPS) is 18.0. The van der Waals surface area contributed by atoms with Gasteiger partial charge in [0, 0.05) is 0 Å². The van der Waals surface area contributed by atoms with Crippen LogP contribution in [0.4, 0.5) is 0 Å². The van der Waals surface area contributed by atoms with Gasteiger partial charge in [0.25, 0.3) is 0 Å². The van der Waals surface area contributed by atoms with Gasteiger partial charge >= 0.3 is 0 Å². The maximum atomic E-state index is 2.28. The Balaban J connectivity index is -0.000000178. The summed E-state index contributed by atoms with van der Waals surface area (Å²) in [6.45, 7) is 12.4. The standard InChI is InChI=1S/C8H12.2C2H6.ClH/c1-7-3-5-8(2)6-4-7;2*1-2;/h3-5,8H,6H2,1-2H3;2*1-2H3;1H. The van der Waals surface area contributed by atoms with Gasteiger partial charge in [-0.25, -0.2) is 0 Å². The second-order valence-electron chi connectivity index (χ2n) is 2.52. The highest BCUT2D eigenvalue weighted by Gasteiger charge is 1.97. The van der Waals surface area contributed by atoms with E-state index in [1.54, 1.807) is 0 Å². The predicted octanol–water partition coefficient (Wildman–Crippen LogP) is 5.00. The maximum Gasteiger partial charge on any atom is -0.0224 e. The number of hydrogen-bond acceptors (Lipinski definition) is 0. The Morgan fingerprint density at radius 1 is 1.15 bits per heavy atom. The summed E-state index contributed by atoms with van der Waals surface area (Å²) in [5.41, 5.74) is 1.41. The maximum absolute atomic E-state index is 2.28. The largest absolute Gasteiger partial charge is 0.147 e. The molecule has 13 heavy (non-hydrogen) atoms. The Morgan fingerprint density at radius 3 is 1.85 bits per heavy atom. The summed E-state index contributed by atoms with van der Waals surface area (Å²) in [6.07, 6.45) is 7.95. The molecule has 1 unspecified atom stereocenters. The van der Waals surface area contributed by atoms with Crippen molar-refractivity contribution in [2.24, 2.45) is 5.92 Å². The molecule has 0 radical (unpaired) electrons. The molecule has 0 heterocycles. The number of allylic oxidation sites excluding steroid dienone is 4. The number of halogens is 1. The van der Waals surface area contributed by atoms with Crippen LogP contribution in [0.15, 0.2) is 23.8 Å². The van der Waals surface area contributed by atoms with Crippen LogP contribution in [0.25, 0.3) is 0 Å². The molecule has 0 nitrogen and oxygen atoms in total. The monoisotopic (exact) mass is 204 g/mol. The van der Waals surface area contributed by atoms with Crippen LogP contribution < -0.4 is 0 Å². The van der Waals surface area contributed by atoms with Gasteiger partial charge in [-0.05, 0) is 19.3 Å². The first-order chi connectivity index (χ1) is 5.79. The Morgan fingerprint density at radius 2 is 1.62 bits per heavy atom. The van der Waals surface area contributed by atoms with Gasteiger partial charge in [0.1, 0.15) is 0 Å². The van der Waals surface area contributed by atoms with Crippen molar-refractivity contribution in [3.05, 3.63) is 23.8 Å². The molecule has 1 atom stereocenters. The molecule has 1 heteroatoms. The van der Waals surface area contributed by atoms with E-state index in [2.05, 4.69) is 32.1 Å². The van der Waals surface area contributed by atoms with Gasteiger partial charge in [-0.2, -0.15) is 0 Å². The molecule has 80 valence electrons. The average Bonchev–Trinajstić information content (AvgIpc) is 2.17. The second-order valence-corrected chi connectivity index (χ2v) is 2.52. The molecule has 0 N–H and O–H groups in total. The first-order valence-electron chi connectivity index (χ1n) is 5.14. The minimum atomic E-state index is 0. The lowest BCUT2D eigenvalue weighted by atomic mass is 10.00. The lowest BCUT2D eigenvalue weighted by molar-refractivity contribution is 0.731. The van der Waals surface area contributed by atoms with Crippen molar-refractivity contribution in [2.45, 2.75) is 48.0 Å². The average molecular weight is 205 g/mol. The van der Waals surface area contributed by atoms with E-state index in [1.165, 1.54) is 12.0 Å². The molecule has 0 aromatic heterocycles. The summed E-state index contributed by atoms with van der Waals surface area (Å²) >= 11 is 0. The molecule has 0 saturated heterocycles. The van der Waals surface area contributed by atoms with Crippen LogP contribution in [-0.2, 0) is 0 Å². The molecule has 0 spiro atoms. The van der Waals surface area contributed by atoms with Crippen LogP contribution in [0.2, 0.25) is 0 Å². The smallest absolute Gasteiger partial charge is 0.0224 e. The van der Waals surface area contributed by atoms with Crippen molar-refractivity contribution in [1.29, 1.82) is 0 Å². The van der Waals surface area contributed by atoms with Crippen LogP contribution in [0, 0.1) is 5.92 Å². The third kappa shape index (κ3) is 11.8. The SMILES string of the molecule is CC.CC.CC1=CCC(C)C=C1.Cl. The molecule has 0 aromatic carbocycles. The van der Waals surface area contributed by atoms with Crippen LogP contribution >= 0.6 is 12.4 Å². The topological polar surface area (TPSA) is 0 Å². The summed E-state index contributed by atoms with van der Waals surface area (Å²) in [5, 5.41) is 0. The van der Waals surface area contributed by atoms with Crippen molar-refractivity contribution in [2.75, 3.05) is 0 Å². The molecule has 0 bridgehead atoms. The lowest BCUT2D eigenvalue weighted by Crippen LogP contribution is -1.91. The zero-order chi connectivity index (χ0) is 9.98. The molecule has 1 aliphatic rings. The van der Waals surface area contributed by atoms with Gasteiger partial charge in [-0.3, -0.25) is 0 Å². The molecule has 0 saturated carbocycles. The third-order valence-corrected chi connectivity index (χ3v) is 1.50. The highest BCUT2D eigenvalue weighted by atomic mass is 35.5. The molecule has 0 aliphatic heterocycles. The van der Waals surface area contributed by atoms with E-state index in [1.807, 2.05) is 27.7 Å². The van der Waals surface area contributed by atoms with Gasteiger partial charge in [-0.1, -0.05) is 58.4 Å². The summed E-state index contributed by atoms with van der Waals surface area (Å²) in [6, 6.07) is 0. The minimum absolute atomic E-state index is 0. The Labute approximate surface area is 90.5 Å². The fourth-order valence-electron chi connectivity index (χ4n) is 0.834. The van der Waals surface area contributed by atoms with Crippen molar-refractivity contribution in [3.63, 3.8) is 0 Å². The molecular formula is C12H25Cl.